The molecule has 0 spiro atoms. The van der Waals surface area contributed by atoms with Gasteiger partial charge in [0.2, 0.25) is 0 Å². The summed E-state index contributed by atoms with van der Waals surface area (Å²) >= 11 is -5.83. The van der Waals surface area contributed by atoms with Gasteiger partial charge >= 0.3 is 384 Å². The fourth-order valence-corrected chi connectivity index (χ4v) is 13.8. The van der Waals surface area contributed by atoms with Crippen molar-refractivity contribution in [2.24, 2.45) is 0 Å². The van der Waals surface area contributed by atoms with E-state index in [1.165, 1.54) is 173 Å². The molecule has 420 valence electrons. The van der Waals surface area contributed by atoms with Crippen LogP contribution in [0.3, 0.4) is 0 Å². The fraction of sp³-hybridized carbons (Fsp3) is 0.917. The second kappa shape index (κ2) is 61.6. The molecule has 0 aliphatic rings. The molecule has 72 heavy (non-hydrogen) atoms. The maximum atomic E-state index is 13.3. The molecule has 0 heterocycles. The van der Waals surface area contributed by atoms with Crippen LogP contribution in [0.2, 0.25) is 0 Å². The molecule has 0 rings (SSSR count). The molecular weight excluding hydrogens is 1040 g/mol. The molecule has 0 unspecified atom stereocenters. The quantitative estimate of drug-likeness (QED) is 0.0426. The third-order valence-corrected chi connectivity index (χ3v) is 18.8. The predicted octanol–water partition coefficient (Wildman–Crippen LogP) is 14.9. The van der Waals surface area contributed by atoms with Crippen LogP contribution in [-0.2, 0) is 36.3 Å². The van der Waals surface area contributed by atoms with Crippen molar-refractivity contribution in [3.05, 3.63) is 0 Å². The minimum atomic E-state index is -5.83. The molecule has 0 amide bonds. The van der Waals surface area contributed by atoms with E-state index in [9.17, 15) is 29.1 Å². The van der Waals surface area contributed by atoms with E-state index >= 15 is 0 Å². The molecule has 0 bridgehead atoms. The molecule has 0 radical (unpaired) electrons. The molecule has 0 saturated carbocycles. The summed E-state index contributed by atoms with van der Waals surface area (Å²) in [4.78, 5) is 63.5. The van der Waals surface area contributed by atoms with Gasteiger partial charge in [0.05, 0.1) is 0 Å². The predicted molar refractivity (Wildman–Crippen MR) is 294 cm³/mol. The number of carboxylic acid groups (broad SMARTS) is 1. The SMILES string of the molecule is CCCCCCCCCCCC(=O)[O-].CCCCCCCCCCCC(=O)[O][Sn]([O]C(=O)CCCCCCCCCCC)([O]C(=O)CCCCCCCCCCC)[O]C(=O)CCCCCCCCCCC.[K+]. The minimum Gasteiger partial charge on any atom is -0.0654 e. The first-order chi connectivity index (χ1) is 34.6. The van der Waals surface area contributed by atoms with Crippen LogP contribution in [0, 0.1) is 0 Å². The summed E-state index contributed by atoms with van der Waals surface area (Å²) in [7, 11) is 0. The van der Waals surface area contributed by atoms with Crippen molar-refractivity contribution in [3.8, 4) is 0 Å². The number of carbonyl (C=O) groups is 5. The summed E-state index contributed by atoms with van der Waals surface area (Å²) < 4.78 is 23.4. The average molecular weight is 1150 g/mol. The third-order valence-electron chi connectivity index (χ3n) is 13.4. The summed E-state index contributed by atoms with van der Waals surface area (Å²) in [6.07, 6.45) is 51.0. The van der Waals surface area contributed by atoms with Crippen molar-refractivity contribution in [1.82, 2.24) is 0 Å². The van der Waals surface area contributed by atoms with E-state index in [0.717, 1.165) is 89.9 Å². The number of aliphatic carboxylic acids is 1. The van der Waals surface area contributed by atoms with E-state index in [4.69, 9.17) is 12.3 Å². The molecule has 12 heteroatoms. The summed E-state index contributed by atoms with van der Waals surface area (Å²) in [5.74, 6) is -3.42. The van der Waals surface area contributed by atoms with Gasteiger partial charge in [-0.3, -0.25) is 0 Å². The zero-order valence-corrected chi connectivity index (χ0v) is 54.4. The van der Waals surface area contributed by atoms with Gasteiger partial charge in [-0.25, -0.2) is 0 Å². The molecule has 10 nitrogen and oxygen atoms in total. The Labute approximate surface area is 493 Å². The molecular formula is C60H115KO10Sn. The van der Waals surface area contributed by atoms with E-state index in [1.807, 2.05) is 0 Å². The summed E-state index contributed by atoms with van der Waals surface area (Å²) in [6, 6.07) is 0. The Bertz CT molecular complexity index is 1050. The molecule has 0 aliphatic heterocycles. The van der Waals surface area contributed by atoms with E-state index < -0.39 is 49.9 Å². The van der Waals surface area contributed by atoms with Gasteiger partial charge in [-0.2, -0.15) is 0 Å². The molecule has 0 N–H and O–H groups in total. The van der Waals surface area contributed by atoms with Crippen molar-refractivity contribution in [2.45, 2.75) is 356 Å². The van der Waals surface area contributed by atoms with Crippen molar-refractivity contribution in [2.75, 3.05) is 0 Å². The Kier molecular flexibility index (Phi) is 65.1. The van der Waals surface area contributed by atoms with Crippen LogP contribution in [0.15, 0.2) is 0 Å². The van der Waals surface area contributed by atoms with Crippen LogP contribution in [0.4, 0.5) is 0 Å². The van der Waals surface area contributed by atoms with E-state index in [1.54, 1.807) is 0 Å². The monoisotopic (exact) mass is 1150 g/mol. The van der Waals surface area contributed by atoms with Crippen molar-refractivity contribution in [3.63, 3.8) is 0 Å². The number of hydrogen-bond donors (Lipinski definition) is 0. The maximum absolute atomic E-state index is 13.3. The van der Waals surface area contributed by atoms with Gasteiger partial charge in [0.15, 0.2) is 0 Å². The van der Waals surface area contributed by atoms with Crippen LogP contribution in [0.5, 0.6) is 0 Å². The zero-order chi connectivity index (χ0) is 52.6. The molecule has 0 atom stereocenters. The third kappa shape index (κ3) is 59.0. The first kappa shape index (κ1) is 76.0. The van der Waals surface area contributed by atoms with Crippen molar-refractivity contribution >= 4 is 49.9 Å². The Hall–Kier alpha value is -0.215. The number of carbonyl (C=O) groups excluding carboxylic acids is 5. The first-order valence-electron chi connectivity index (χ1n) is 30.7. The Morgan fingerprint density at radius 3 is 0.542 bits per heavy atom. The zero-order valence-electron chi connectivity index (χ0n) is 48.4. The van der Waals surface area contributed by atoms with E-state index in [0.29, 0.717) is 25.7 Å². The molecule has 0 aromatic rings. The van der Waals surface area contributed by atoms with E-state index in [-0.39, 0.29) is 83.5 Å². The van der Waals surface area contributed by atoms with Gasteiger partial charge in [0, 0.05) is 5.97 Å². The fourth-order valence-electron chi connectivity index (χ4n) is 8.79. The normalized spacial score (nSPS) is 11.1. The van der Waals surface area contributed by atoms with Gasteiger partial charge in [-0.05, 0) is 12.8 Å². The van der Waals surface area contributed by atoms with E-state index in [2.05, 4.69) is 34.6 Å². The Morgan fingerprint density at radius 2 is 0.389 bits per heavy atom. The number of rotatable bonds is 54. The van der Waals surface area contributed by atoms with Crippen LogP contribution in [0.25, 0.3) is 0 Å². The topological polar surface area (TPSA) is 145 Å². The molecule has 0 aromatic heterocycles. The molecule has 0 aromatic carbocycles. The number of unbranched alkanes of at least 4 members (excludes halogenated alkanes) is 40. The van der Waals surface area contributed by atoms with Crippen LogP contribution in [-0.4, -0.2) is 49.9 Å². The first-order valence-corrected chi connectivity index (χ1v) is 35.3. The molecule has 0 saturated heterocycles. The molecule has 0 fully saturated rings. The van der Waals surface area contributed by atoms with Gasteiger partial charge in [-0.15, -0.1) is 0 Å². The summed E-state index contributed by atoms with van der Waals surface area (Å²) in [5, 5.41) is 10.1. The minimum absolute atomic E-state index is 0. The number of hydrogen-bond acceptors (Lipinski definition) is 10. The van der Waals surface area contributed by atoms with Crippen LogP contribution in [0.1, 0.15) is 356 Å². The standard InChI is InChI=1S/5C12H24O2.K.Sn/c5*1-2-3-4-5-6-7-8-9-10-11-12(13)14;;/h5*2-11H2,1H3,(H,13,14);;/q;;;;;+1;+4/p-5. The summed E-state index contributed by atoms with van der Waals surface area (Å²) in [5.41, 5.74) is 0. The second-order valence-corrected chi connectivity index (χ2v) is 25.8. The second-order valence-electron chi connectivity index (χ2n) is 20.7. The van der Waals surface area contributed by atoms with Gasteiger partial charge in [0.25, 0.3) is 0 Å². The van der Waals surface area contributed by atoms with Gasteiger partial charge in [-0.1, -0.05) is 86.0 Å². The van der Waals surface area contributed by atoms with Crippen molar-refractivity contribution in [1.29, 1.82) is 0 Å². The smallest absolute Gasteiger partial charge is 0.0654 e. The summed E-state index contributed by atoms with van der Waals surface area (Å²) in [6.45, 7) is 11.1. The Morgan fingerprint density at radius 1 is 0.250 bits per heavy atom. The Balaban J connectivity index is -0.00000273. The number of carboxylic acids is 1. The van der Waals surface area contributed by atoms with Crippen LogP contribution >= 0.6 is 0 Å². The van der Waals surface area contributed by atoms with Gasteiger partial charge in [0.1, 0.15) is 0 Å². The van der Waals surface area contributed by atoms with Crippen LogP contribution < -0.4 is 56.5 Å². The average Bonchev–Trinajstić information content (AvgIpc) is 3.33. The molecule has 0 aliphatic carbocycles. The van der Waals surface area contributed by atoms with Gasteiger partial charge < -0.3 is 9.90 Å². The van der Waals surface area contributed by atoms with Crippen molar-refractivity contribution < 1.29 is 92.8 Å².